The number of ether oxygens (including phenoxy) is 1. The second-order valence-corrected chi connectivity index (χ2v) is 10.2. The van der Waals surface area contributed by atoms with Gasteiger partial charge in [0, 0.05) is 17.9 Å². The van der Waals surface area contributed by atoms with E-state index in [4.69, 9.17) is 4.74 Å². The van der Waals surface area contributed by atoms with Crippen LogP contribution < -0.4 is 10.6 Å². The minimum Gasteiger partial charge on any atom is -0.395 e. The highest BCUT2D eigenvalue weighted by Crippen LogP contribution is 2.64. The number of aliphatic hydroxyl groups excluding tert-OH is 1. The van der Waals surface area contributed by atoms with E-state index >= 15 is 0 Å². The SMILES string of the molecule is CC[C@@]12CCC3(O1)C(C(=O)Nc1c(C)cccc1C)N(CCO)C(=O)[C@@H]3[C@@H]2C(=O)Nc1ccccc1. The van der Waals surface area contributed by atoms with Gasteiger partial charge in [-0.05, 0) is 56.4 Å². The molecule has 1 spiro atoms. The van der Waals surface area contributed by atoms with Gasteiger partial charge >= 0.3 is 0 Å². The van der Waals surface area contributed by atoms with Crippen LogP contribution in [0.25, 0.3) is 0 Å². The van der Waals surface area contributed by atoms with Gasteiger partial charge in [-0.25, -0.2) is 0 Å². The van der Waals surface area contributed by atoms with E-state index in [1.54, 1.807) is 12.1 Å². The molecule has 2 aromatic carbocycles. The smallest absolute Gasteiger partial charge is 0.250 e. The molecule has 3 fully saturated rings. The number of nitrogens with one attached hydrogen (secondary N) is 2. The molecule has 3 aliphatic heterocycles. The van der Waals surface area contributed by atoms with Crippen LogP contribution in [0, 0.1) is 25.7 Å². The highest BCUT2D eigenvalue weighted by molar-refractivity contribution is 6.05. The average molecular weight is 492 g/mol. The molecule has 190 valence electrons. The number of hydrogen-bond acceptors (Lipinski definition) is 5. The van der Waals surface area contributed by atoms with Gasteiger partial charge in [0.1, 0.15) is 11.6 Å². The summed E-state index contributed by atoms with van der Waals surface area (Å²) in [7, 11) is 0. The molecule has 2 bridgehead atoms. The third-order valence-corrected chi connectivity index (χ3v) is 8.32. The van der Waals surface area contributed by atoms with E-state index in [1.165, 1.54) is 4.90 Å². The van der Waals surface area contributed by atoms with E-state index in [9.17, 15) is 19.5 Å². The van der Waals surface area contributed by atoms with E-state index in [0.29, 0.717) is 30.6 Å². The first-order valence-electron chi connectivity index (χ1n) is 12.6. The Bertz CT molecular complexity index is 1180. The Morgan fingerprint density at radius 3 is 2.36 bits per heavy atom. The molecule has 3 N–H and O–H groups in total. The Labute approximate surface area is 211 Å². The second kappa shape index (κ2) is 9.01. The van der Waals surface area contributed by atoms with E-state index in [-0.39, 0.29) is 30.9 Å². The zero-order valence-electron chi connectivity index (χ0n) is 20.9. The number of nitrogens with zero attached hydrogens (tertiary/aromatic N) is 1. The first kappa shape index (κ1) is 24.5. The fourth-order valence-corrected chi connectivity index (χ4v) is 6.71. The molecule has 3 saturated heterocycles. The summed E-state index contributed by atoms with van der Waals surface area (Å²) in [5, 5.41) is 15.8. The maximum Gasteiger partial charge on any atom is 0.250 e. The second-order valence-electron chi connectivity index (χ2n) is 10.2. The lowest BCUT2D eigenvalue weighted by atomic mass is 9.65. The molecular weight excluding hydrogens is 458 g/mol. The highest BCUT2D eigenvalue weighted by Gasteiger charge is 2.78. The number of hydrogen-bond donors (Lipinski definition) is 3. The first-order valence-corrected chi connectivity index (χ1v) is 12.6. The Morgan fingerprint density at radius 1 is 1.03 bits per heavy atom. The fourth-order valence-electron chi connectivity index (χ4n) is 6.71. The third-order valence-electron chi connectivity index (χ3n) is 8.32. The van der Waals surface area contributed by atoms with Crippen molar-refractivity contribution in [3.63, 3.8) is 0 Å². The molecule has 0 aliphatic carbocycles. The van der Waals surface area contributed by atoms with E-state index in [1.807, 2.05) is 57.2 Å². The number of rotatable bonds is 7. The quantitative estimate of drug-likeness (QED) is 0.552. The van der Waals surface area contributed by atoms with Crippen LogP contribution in [0.15, 0.2) is 48.5 Å². The molecule has 0 aromatic heterocycles. The van der Waals surface area contributed by atoms with Crippen molar-refractivity contribution in [1.82, 2.24) is 4.90 Å². The average Bonchev–Trinajstić information content (AvgIpc) is 3.46. The Hall–Kier alpha value is -3.23. The predicted octanol–water partition coefficient (Wildman–Crippen LogP) is 3.03. The van der Waals surface area contributed by atoms with E-state index < -0.39 is 29.1 Å². The predicted molar refractivity (Wildman–Crippen MR) is 135 cm³/mol. The number of para-hydroxylation sites is 2. The van der Waals surface area contributed by atoms with E-state index in [0.717, 1.165) is 11.1 Å². The number of benzene rings is 2. The molecule has 3 aliphatic rings. The van der Waals surface area contributed by atoms with Crippen LogP contribution >= 0.6 is 0 Å². The maximum atomic E-state index is 13.9. The topological polar surface area (TPSA) is 108 Å². The zero-order chi connectivity index (χ0) is 25.7. The third kappa shape index (κ3) is 3.54. The summed E-state index contributed by atoms with van der Waals surface area (Å²) in [6, 6.07) is 14.0. The summed E-state index contributed by atoms with van der Waals surface area (Å²) in [5.41, 5.74) is 1.24. The maximum absolute atomic E-state index is 13.9. The number of aliphatic hydroxyl groups is 1. The summed E-state index contributed by atoms with van der Waals surface area (Å²) >= 11 is 0. The van der Waals surface area contributed by atoms with Crippen LogP contribution in [0.4, 0.5) is 11.4 Å². The van der Waals surface area contributed by atoms with Gasteiger partial charge in [0.05, 0.1) is 24.0 Å². The Kier molecular flexibility index (Phi) is 6.12. The minimum absolute atomic E-state index is 0.00255. The molecule has 5 rings (SSSR count). The first-order chi connectivity index (χ1) is 17.3. The summed E-state index contributed by atoms with van der Waals surface area (Å²) in [6.45, 7) is 5.51. The Balaban J connectivity index is 1.53. The van der Waals surface area contributed by atoms with E-state index in [2.05, 4.69) is 10.6 Å². The van der Waals surface area contributed by atoms with Gasteiger partial charge < -0.3 is 25.4 Å². The van der Waals surface area contributed by atoms with Crippen molar-refractivity contribution in [3.05, 3.63) is 59.7 Å². The van der Waals surface area contributed by atoms with Crippen molar-refractivity contribution in [2.45, 2.75) is 57.3 Å². The number of fused-ring (bicyclic) bond motifs is 1. The monoisotopic (exact) mass is 491 g/mol. The van der Waals surface area contributed by atoms with Crippen molar-refractivity contribution in [2.75, 3.05) is 23.8 Å². The standard InChI is InChI=1S/C28H33N3O5/c1-4-27-13-14-28(36-27)21(20(27)24(33)29-19-11-6-5-7-12-19)26(35)31(15-16-32)23(28)25(34)30-22-17(2)9-8-10-18(22)3/h5-12,20-21,23,32H,4,13-16H2,1-3H3,(H,29,33)(H,30,34)/t20-,21+,23?,27+,28?/m1/s1. The normalized spacial score (nSPS) is 30.4. The van der Waals surface area contributed by atoms with Gasteiger partial charge in [0.2, 0.25) is 17.7 Å². The number of aryl methyl sites for hydroxylation is 2. The highest BCUT2D eigenvalue weighted by atomic mass is 16.5. The molecular formula is C28H33N3O5. The summed E-state index contributed by atoms with van der Waals surface area (Å²) < 4.78 is 6.71. The van der Waals surface area contributed by atoms with Gasteiger partial charge in [-0.15, -0.1) is 0 Å². The van der Waals surface area contributed by atoms with Crippen molar-refractivity contribution < 1.29 is 24.2 Å². The van der Waals surface area contributed by atoms with Gasteiger partial charge in [-0.2, -0.15) is 0 Å². The number of anilines is 2. The van der Waals surface area contributed by atoms with Crippen LogP contribution in [-0.2, 0) is 19.1 Å². The lowest BCUT2D eigenvalue weighted by molar-refractivity contribution is -0.144. The number of β-amino-alcohol motifs (C(OH)–C–C–N with tert-alkyl or cyclic N) is 1. The fraction of sp³-hybridized carbons (Fsp3) is 0.464. The number of carbonyl (C=O) groups excluding carboxylic acids is 3. The van der Waals surface area contributed by atoms with Crippen LogP contribution in [0.3, 0.4) is 0 Å². The molecule has 2 unspecified atom stereocenters. The van der Waals surface area contributed by atoms with Crippen LogP contribution in [0.1, 0.15) is 37.3 Å². The summed E-state index contributed by atoms with van der Waals surface area (Å²) in [5.74, 6) is -2.47. The molecule has 0 saturated carbocycles. The van der Waals surface area contributed by atoms with Crippen LogP contribution in [0.2, 0.25) is 0 Å². The zero-order valence-corrected chi connectivity index (χ0v) is 20.9. The van der Waals surface area contributed by atoms with Crippen LogP contribution in [0.5, 0.6) is 0 Å². The number of amides is 3. The molecule has 3 heterocycles. The van der Waals surface area contributed by atoms with Crippen molar-refractivity contribution in [2.24, 2.45) is 11.8 Å². The largest absolute Gasteiger partial charge is 0.395 e. The molecule has 8 nitrogen and oxygen atoms in total. The molecule has 3 amide bonds. The van der Waals surface area contributed by atoms with Gasteiger partial charge in [0.15, 0.2) is 0 Å². The number of carbonyl (C=O) groups is 3. The Morgan fingerprint density at radius 2 is 1.72 bits per heavy atom. The van der Waals surface area contributed by atoms with Crippen molar-refractivity contribution in [1.29, 1.82) is 0 Å². The van der Waals surface area contributed by atoms with Gasteiger partial charge in [0.25, 0.3) is 0 Å². The van der Waals surface area contributed by atoms with Gasteiger partial charge in [-0.3, -0.25) is 14.4 Å². The molecule has 2 aromatic rings. The lowest BCUT2D eigenvalue weighted by Crippen LogP contribution is -2.53. The van der Waals surface area contributed by atoms with Gasteiger partial charge in [-0.1, -0.05) is 43.3 Å². The lowest BCUT2D eigenvalue weighted by Gasteiger charge is -2.33. The molecule has 5 atom stereocenters. The van der Waals surface area contributed by atoms with Crippen molar-refractivity contribution >= 4 is 29.1 Å². The minimum atomic E-state index is -1.12. The molecule has 8 heteroatoms. The summed E-state index contributed by atoms with van der Waals surface area (Å²) in [6.07, 6.45) is 1.63. The molecule has 36 heavy (non-hydrogen) atoms. The van der Waals surface area contributed by atoms with Crippen molar-refractivity contribution in [3.8, 4) is 0 Å². The molecule has 0 radical (unpaired) electrons. The number of likely N-dealkylation sites (tertiary alicyclic amines) is 1. The van der Waals surface area contributed by atoms with Crippen LogP contribution in [-0.4, -0.2) is 58.1 Å². The summed E-state index contributed by atoms with van der Waals surface area (Å²) in [4.78, 5) is 42.8.